The van der Waals surface area contributed by atoms with Crippen molar-refractivity contribution in [2.24, 2.45) is 0 Å². The number of halogens is 1. The number of rotatable bonds is 5. The van der Waals surface area contributed by atoms with Gasteiger partial charge in [-0.25, -0.2) is 14.4 Å². The Morgan fingerprint density at radius 2 is 2.00 bits per heavy atom. The Labute approximate surface area is 163 Å². The van der Waals surface area contributed by atoms with Crippen molar-refractivity contribution >= 4 is 5.91 Å². The van der Waals surface area contributed by atoms with Crippen LogP contribution in [0.3, 0.4) is 0 Å². The number of amides is 1. The van der Waals surface area contributed by atoms with Crippen molar-refractivity contribution in [3.63, 3.8) is 0 Å². The Morgan fingerprint density at radius 3 is 2.61 bits per heavy atom. The summed E-state index contributed by atoms with van der Waals surface area (Å²) in [6.07, 6.45) is 6.20. The predicted octanol–water partition coefficient (Wildman–Crippen LogP) is 3.11. The Kier molecular flexibility index (Phi) is 6.36. The molecular weight excluding hydrogens is 361 g/mol. The van der Waals surface area contributed by atoms with Crippen LogP contribution in [0.1, 0.15) is 32.3 Å². The van der Waals surface area contributed by atoms with E-state index in [4.69, 9.17) is 4.74 Å². The largest absolute Gasteiger partial charge is 0.460 e. The average molecular weight is 385 g/mol. The minimum atomic E-state index is -0.476. The molecule has 1 aromatic carbocycles. The first kappa shape index (κ1) is 19.9. The van der Waals surface area contributed by atoms with Gasteiger partial charge >= 0.3 is 6.01 Å². The van der Waals surface area contributed by atoms with E-state index in [9.17, 15) is 14.3 Å². The van der Waals surface area contributed by atoms with Gasteiger partial charge in [0.2, 0.25) is 5.91 Å². The highest BCUT2D eigenvalue weighted by Crippen LogP contribution is 2.25. The fourth-order valence-electron chi connectivity index (χ4n) is 3.14. The van der Waals surface area contributed by atoms with E-state index in [0.717, 1.165) is 5.57 Å². The van der Waals surface area contributed by atoms with Gasteiger partial charge in [-0.05, 0) is 13.8 Å². The molecule has 1 N–H and O–H groups in total. The number of allylic oxidation sites excluding steroid dienone is 1. The molecular formula is C21H24FN3O3. The van der Waals surface area contributed by atoms with Crippen molar-refractivity contribution in [1.82, 2.24) is 14.9 Å². The van der Waals surface area contributed by atoms with E-state index in [1.807, 2.05) is 24.8 Å². The number of aromatic nitrogens is 2. The van der Waals surface area contributed by atoms with Crippen LogP contribution >= 0.6 is 0 Å². The molecule has 2 heterocycles. The third kappa shape index (κ3) is 4.36. The van der Waals surface area contributed by atoms with Crippen LogP contribution in [-0.4, -0.2) is 45.1 Å². The normalized spacial score (nSPS) is 15.6. The standard InChI is InChI=1S/C21H24FN3O3/c1-3-14(2)20(27)25-9-7-17(8-10-25)28-21-23-11-16(12-24-21)18-6-4-5-15(13-26)19(18)22/h3-6,11-12,17,26H,7-10,13H2,1-2H3/b14-3+. The first-order valence-electron chi connectivity index (χ1n) is 9.33. The number of ether oxygens (including phenoxy) is 1. The Bertz CT molecular complexity index is 860. The molecule has 28 heavy (non-hydrogen) atoms. The van der Waals surface area contributed by atoms with Crippen LogP contribution in [0.4, 0.5) is 4.39 Å². The molecule has 148 valence electrons. The molecule has 0 aliphatic carbocycles. The van der Waals surface area contributed by atoms with Crippen molar-refractivity contribution in [2.75, 3.05) is 13.1 Å². The van der Waals surface area contributed by atoms with E-state index < -0.39 is 5.82 Å². The molecule has 2 aromatic rings. The molecule has 1 aliphatic rings. The van der Waals surface area contributed by atoms with Gasteiger partial charge in [0.25, 0.3) is 0 Å². The Balaban J connectivity index is 1.61. The molecule has 7 heteroatoms. The van der Waals surface area contributed by atoms with Gasteiger partial charge in [-0.2, -0.15) is 0 Å². The molecule has 0 unspecified atom stereocenters. The van der Waals surface area contributed by atoms with E-state index in [0.29, 0.717) is 37.1 Å². The molecule has 0 spiro atoms. The number of benzene rings is 1. The van der Waals surface area contributed by atoms with Gasteiger partial charge in [0.05, 0.1) is 6.61 Å². The topological polar surface area (TPSA) is 75.6 Å². The summed E-state index contributed by atoms with van der Waals surface area (Å²) in [5.41, 5.74) is 1.83. The van der Waals surface area contributed by atoms with E-state index in [2.05, 4.69) is 9.97 Å². The summed E-state index contributed by atoms with van der Waals surface area (Å²) in [5.74, 6) is -0.413. The van der Waals surface area contributed by atoms with Crippen LogP contribution in [-0.2, 0) is 11.4 Å². The second kappa shape index (κ2) is 8.93. The number of carbonyl (C=O) groups is 1. The zero-order chi connectivity index (χ0) is 20.1. The molecule has 0 atom stereocenters. The highest BCUT2D eigenvalue weighted by atomic mass is 19.1. The van der Waals surface area contributed by atoms with Crippen LogP contribution in [0.15, 0.2) is 42.2 Å². The average Bonchev–Trinajstić information content (AvgIpc) is 2.74. The van der Waals surface area contributed by atoms with Gasteiger partial charge in [-0.3, -0.25) is 4.79 Å². The van der Waals surface area contributed by atoms with Gasteiger partial charge in [-0.1, -0.05) is 24.3 Å². The van der Waals surface area contributed by atoms with Gasteiger partial charge in [-0.15, -0.1) is 0 Å². The highest BCUT2D eigenvalue weighted by Gasteiger charge is 2.25. The summed E-state index contributed by atoms with van der Waals surface area (Å²) in [4.78, 5) is 22.4. The fraction of sp³-hybridized carbons (Fsp3) is 0.381. The summed E-state index contributed by atoms with van der Waals surface area (Å²) in [7, 11) is 0. The van der Waals surface area contributed by atoms with Crippen LogP contribution in [0, 0.1) is 5.82 Å². The quantitative estimate of drug-likeness (QED) is 0.801. The number of piperidine rings is 1. The van der Waals surface area contributed by atoms with Crippen LogP contribution in [0.25, 0.3) is 11.1 Å². The molecule has 1 aliphatic heterocycles. The monoisotopic (exact) mass is 385 g/mol. The molecule has 1 amide bonds. The van der Waals surface area contributed by atoms with Gasteiger partial charge in [0.1, 0.15) is 11.9 Å². The van der Waals surface area contributed by atoms with Crippen LogP contribution < -0.4 is 4.74 Å². The Hall–Kier alpha value is -2.80. The lowest BCUT2D eigenvalue weighted by Crippen LogP contribution is -2.42. The summed E-state index contributed by atoms with van der Waals surface area (Å²) < 4.78 is 20.2. The summed E-state index contributed by atoms with van der Waals surface area (Å²) >= 11 is 0. The number of aliphatic hydroxyl groups is 1. The van der Waals surface area contributed by atoms with Crippen molar-refractivity contribution in [1.29, 1.82) is 0 Å². The molecule has 1 fully saturated rings. The number of hydrogen-bond acceptors (Lipinski definition) is 5. The molecule has 1 saturated heterocycles. The van der Waals surface area contributed by atoms with Crippen LogP contribution in [0.2, 0.25) is 0 Å². The molecule has 6 nitrogen and oxygen atoms in total. The minimum absolute atomic E-state index is 0.0599. The molecule has 1 aromatic heterocycles. The maximum atomic E-state index is 14.3. The van der Waals surface area contributed by atoms with Gasteiger partial charge in [0.15, 0.2) is 0 Å². The first-order valence-corrected chi connectivity index (χ1v) is 9.33. The van der Waals surface area contributed by atoms with Crippen LogP contribution in [0.5, 0.6) is 6.01 Å². The third-order valence-electron chi connectivity index (χ3n) is 4.96. The lowest BCUT2D eigenvalue weighted by atomic mass is 10.1. The van der Waals surface area contributed by atoms with Crippen molar-refractivity contribution in [3.8, 4) is 17.1 Å². The predicted molar refractivity (Wildman–Crippen MR) is 103 cm³/mol. The lowest BCUT2D eigenvalue weighted by molar-refractivity contribution is -0.128. The van der Waals surface area contributed by atoms with Crippen molar-refractivity contribution in [2.45, 2.75) is 39.4 Å². The summed E-state index contributed by atoms with van der Waals surface area (Å²) in [5, 5.41) is 9.19. The first-order chi connectivity index (χ1) is 13.5. The van der Waals surface area contributed by atoms with Gasteiger partial charge < -0.3 is 14.7 Å². The number of carbonyl (C=O) groups excluding carboxylic acids is 1. The van der Waals surface area contributed by atoms with E-state index in [-0.39, 0.29) is 30.2 Å². The van der Waals surface area contributed by atoms with Crippen molar-refractivity contribution in [3.05, 3.63) is 53.6 Å². The smallest absolute Gasteiger partial charge is 0.316 e. The Morgan fingerprint density at radius 1 is 1.32 bits per heavy atom. The number of likely N-dealkylation sites (tertiary alicyclic amines) is 1. The number of aliphatic hydroxyl groups excluding tert-OH is 1. The SMILES string of the molecule is C/C=C(\C)C(=O)N1CCC(Oc2ncc(-c3cccc(CO)c3F)cn2)CC1. The fourth-order valence-corrected chi connectivity index (χ4v) is 3.14. The maximum absolute atomic E-state index is 14.3. The molecule has 0 saturated carbocycles. The molecule has 3 rings (SSSR count). The molecule has 0 radical (unpaired) electrons. The zero-order valence-corrected chi connectivity index (χ0v) is 16.1. The minimum Gasteiger partial charge on any atom is -0.460 e. The lowest BCUT2D eigenvalue weighted by Gasteiger charge is -2.31. The van der Waals surface area contributed by atoms with Crippen molar-refractivity contribution < 1.29 is 19.0 Å². The summed E-state index contributed by atoms with van der Waals surface area (Å²) in [6.45, 7) is 4.57. The van der Waals surface area contributed by atoms with E-state index in [1.54, 1.807) is 12.1 Å². The highest BCUT2D eigenvalue weighted by molar-refractivity contribution is 5.92. The number of hydrogen-bond donors (Lipinski definition) is 1. The van der Waals surface area contributed by atoms with E-state index >= 15 is 0 Å². The van der Waals surface area contributed by atoms with E-state index in [1.165, 1.54) is 18.5 Å². The number of nitrogens with zero attached hydrogens (tertiary/aromatic N) is 3. The molecule has 0 bridgehead atoms. The summed E-state index contributed by atoms with van der Waals surface area (Å²) in [6, 6.07) is 5.06. The van der Waals surface area contributed by atoms with Gasteiger partial charge in [0, 0.05) is 60.6 Å². The second-order valence-corrected chi connectivity index (χ2v) is 6.77. The maximum Gasteiger partial charge on any atom is 0.316 e. The second-order valence-electron chi connectivity index (χ2n) is 6.77. The third-order valence-corrected chi connectivity index (χ3v) is 4.96. The zero-order valence-electron chi connectivity index (χ0n) is 16.1.